The summed E-state index contributed by atoms with van der Waals surface area (Å²) >= 11 is 0. The summed E-state index contributed by atoms with van der Waals surface area (Å²) in [6.45, 7) is 6.78. The van der Waals surface area contributed by atoms with Crippen LogP contribution in [0, 0.1) is 5.92 Å². The highest BCUT2D eigenvalue weighted by Crippen LogP contribution is 2.20. The van der Waals surface area contributed by atoms with Gasteiger partial charge in [-0.15, -0.1) is 0 Å². The van der Waals surface area contributed by atoms with Gasteiger partial charge in [0.1, 0.15) is 6.17 Å². The van der Waals surface area contributed by atoms with Gasteiger partial charge in [0.25, 0.3) is 0 Å². The van der Waals surface area contributed by atoms with Crippen LogP contribution in [0.15, 0.2) is 36.7 Å². The van der Waals surface area contributed by atoms with Crippen LogP contribution in [0.1, 0.15) is 84.1 Å². The number of nitrogens with zero attached hydrogens (tertiary/aromatic N) is 2. The number of benzene rings is 1. The highest BCUT2D eigenvalue weighted by atomic mass is 19.1. The van der Waals surface area contributed by atoms with Crippen LogP contribution in [-0.2, 0) is 6.42 Å². The first-order chi connectivity index (χ1) is 14.6. The molecule has 2 unspecified atom stereocenters. The molecule has 0 aliphatic rings. The van der Waals surface area contributed by atoms with Crippen molar-refractivity contribution >= 4 is 0 Å². The summed E-state index contributed by atoms with van der Waals surface area (Å²) in [6.07, 6.45) is 13.6. The summed E-state index contributed by atoms with van der Waals surface area (Å²) in [4.78, 5) is 8.82. The third kappa shape index (κ3) is 9.23. The van der Waals surface area contributed by atoms with Crippen LogP contribution in [0.4, 0.5) is 4.39 Å². The zero-order chi connectivity index (χ0) is 21.6. The molecule has 0 aliphatic carbocycles. The van der Waals surface area contributed by atoms with Gasteiger partial charge in [0.05, 0.1) is 19.0 Å². The lowest BCUT2D eigenvalue weighted by atomic mass is 10.0. The molecule has 0 N–H and O–H groups in total. The molecule has 0 spiro atoms. The lowest BCUT2D eigenvalue weighted by Gasteiger charge is -2.13. The van der Waals surface area contributed by atoms with Gasteiger partial charge in [-0.05, 0) is 30.7 Å². The van der Waals surface area contributed by atoms with Crippen molar-refractivity contribution in [1.29, 1.82) is 0 Å². The number of rotatable bonds is 15. The van der Waals surface area contributed by atoms with Gasteiger partial charge in [-0.3, -0.25) is 0 Å². The van der Waals surface area contributed by atoms with Crippen LogP contribution in [0.2, 0.25) is 0 Å². The molecular formula is C26H39FN2O. The van der Waals surface area contributed by atoms with E-state index in [0.29, 0.717) is 36.9 Å². The maximum atomic E-state index is 13.9. The molecule has 3 nitrogen and oxygen atoms in total. The van der Waals surface area contributed by atoms with Crippen molar-refractivity contribution in [3.8, 4) is 17.1 Å². The Hall–Kier alpha value is -1.97. The molecule has 0 bridgehead atoms. The van der Waals surface area contributed by atoms with Crippen LogP contribution < -0.4 is 4.74 Å². The van der Waals surface area contributed by atoms with Gasteiger partial charge in [0.15, 0.2) is 11.6 Å². The molecular weight excluding hydrogens is 375 g/mol. The third-order valence-corrected chi connectivity index (χ3v) is 5.71. The Labute approximate surface area is 182 Å². The largest absolute Gasteiger partial charge is 0.490 e. The zero-order valence-electron chi connectivity index (χ0n) is 19.1. The van der Waals surface area contributed by atoms with Gasteiger partial charge in [0, 0.05) is 12.0 Å². The van der Waals surface area contributed by atoms with Crippen molar-refractivity contribution in [2.75, 3.05) is 6.61 Å². The summed E-state index contributed by atoms with van der Waals surface area (Å²) < 4.78 is 19.5. The quantitative estimate of drug-likeness (QED) is 0.282. The first-order valence-electron chi connectivity index (χ1n) is 11.8. The molecule has 0 saturated carbocycles. The van der Waals surface area contributed by atoms with E-state index in [9.17, 15) is 4.39 Å². The van der Waals surface area contributed by atoms with E-state index in [1.54, 1.807) is 12.4 Å². The van der Waals surface area contributed by atoms with Crippen molar-refractivity contribution in [1.82, 2.24) is 9.97 Å². The van der Waals surface area contributed by atoms with Crippen molar-refractivity contribution < 1.29 is 9.13 Å². The lowest BCUT2D eigenvalue weighted by molar-refractivity contribution is 0.206. The van der Waals surface area contributed by atoms with E-state index >= 15 is 0 Å². The number of ether oxygens (including phenoxy) is 1. The SMILES string of the molecule is CCCCCCCCc1ccc(-c2ncc(OCCC(F)CC(C)CC)cn2)cc1. The molecule has 0 saturated heterocycles. The van der Waals surface area contributed by atoms with Crippen LogP contribution in [0.5, 0.6) is 5.75 Å². The summed E-state index contributed by atoms with van der Waals surface area (Å²) in [5, 5.41) is 0. The predicted octanol–water partition coefficient (Wildman–Crippen LogP) is 7.59. The highest BCUT2D eigenvalue weighted by molar-refractivity contribution is 5.55. The van der Waals surface area contributed by atoms with Crippen LogP contribution >= 0.6 is 0 Å². The van der Waals surface area contributed by atoms with E-state index in [2.05, 4.69) is 55.0 Å². The van der Waals surface area contributed by atoms with Crippen molar-refractivity contribution in [2.45, 2.75) is 91.2 Å². The Balaban J connectivity index is 1.73. The summed E-state index contributed by atoms with van der Waals surface area (Å²) in [7, 11) is 0. The molecule has 1 heterocycles. The summed E-state index contributed by atoms with van der Waals surface area (Å²) in [6, 6.07) is 8.53. The minimum Gasteiger partial charge on any atom is -0.490 e. The Bertz CT molecular complexity index is 687. The predicted molar refractivity (Wildman–Crippen MR) is 124 cm³/mol. The van der Waals surface area contributed by atoms with Crippen LogP contribution in [0.25, 0.3) is 11.4 Å². The topological polar surface area (TPSA) is 35.0 Å². The highest BCUT2D eigenvalue weighted by Gasteiger charge is 2.11. The minimum absolute atomic E-state index is 0.355. The summed E-state index contributed by atoms with van der Waals surface area (Å²) in [5.74, 6) is 1.70. The normalized spacial score (nSPS) is 13.2. The molecule has 166 valence electrons. The van der Waals surface area contributed by atoms with Gasteiger partial charge >= 0.3 is 0 Å². The number of unbranched alkanes of at least 4 members (excludes halogenated alkanes) is 5. The fourth-order valence-corrected chi connectivity index (χ4v) is 3.50. The van der Waals surface area contributed by atoms with E-state index in [4.69, 9.17) is 4.74 Å². The van der Waals surface area contributed by atoms with E-state index in [0.717, 1.165) is 18.4 Å². The molecule has 2 atom stereocenters. The Morgan fingerprint density at radius 2 is 1.60 bits per heavy atom. The number of alkyl halides is 1. The Kier molecular flexibility index (Phi) is 11.4. The third-order valence-electron chi connectivity index (χ3n) is 5.71. The maximum Gasteiger partial charge on any atom is 0.159 e. The monoisotopic (exact) mass is 414 g/mol. The number of halogens is 1. The average molecular weight is 415 g/mol. The van der Waals surface area contributed by atoms with Gasteiger partial charge in [0.2, 0.25) is 0 Å². The second-order valence-corrected chi connectivity index (χ2v) is 8.44. The summed E-state index contributed by atoms with van der Waals surface area (Å²) in [5.41, 5.74) is 2.37. The number of hydrogen-bond acceptors (Lipinski definition) is 3. The maximum absolute atomic E-state index is 13.9. The molecule has 1 aromatic heterocycles. The van der Waals surface area contributed by atoms with Gasteiger partial charge in [-0.2, -0.15) is 0 Å². The van der Waals surface area contributed by atoms with E-state index in [-0.39, 0.29) is 0 Å². The minimum atomic E-state index is -0.810. The number of aromatic nitrogens is 2. The molecule has 0 radical (unpaired) electrons. The van der Waals surface area contributed by atoms with Crippen molar-refractivity contribution in [3.63, 3.8) is 0 Å². The smallest absolute Gasteiger partial charge is 0.159 e. The average Bonchev–Trinajstić information content (AvgIpc) is 2.77. The molecule has 0 aliphatic heterocycles. The molecule has 0 fully saturated rings. The molecule has 1 aromatic carbocycles. The molecule has 4 heteroatoms. The zero-order valence-corrected chi connectivity index (χ0v) is 19.1. The first-order valence-corrected chi connectivity index (χ1v) is 11.8. The van der Waals surface area contributed by atoms with Gasteiger partial charge in [-0.25, -0.2) is 14.4 Å². The van der Waals surface area contributed by atoms with E-state index < -0.39 is 6.17 Å². The van der Waals surface area contributed by atoms with Crippen LogP contribution in [-0.4, -0.2) is 22.7 Å². The molecule has 30 heavy (non-hydrogen) atoms. The Morgan fingerprint density at radius 3 is 2.27 bits per heavy atom. The number of aryl methyl sites for hydroxylation is 1. The van der Waals surface area contributed by atoms with Crippen LogP contribution in [0.3, 0.4) is 0 Å². The van der Waals surface area contributed by atoms with Crippen molar-refractivity contribution in [2.24, 2.45) is 5.92 Å². The lowest BCUT2D eigenvalue weighted by Crippen LogP contribution is -2.11. The Morgan fingerprint density at radius 1 is 0.933 bits per heavy atom. The van der Waals surface area contributed by atoms with Gasteiger partial charge in [-0.1, -0.05) is 83.6 Å². The van der Waals surface area contributed by atoms with Crippen molar-refractivity contribution in [3.05, 3.63) is 42.2 Å². The standard InChI is InChI=1S/C26H39FN2O/c1-4-6-7-8-9-10-11-22-12-14-23(15-13-22)26-28-19-25(20-29-26)30-17-16-24(27)18-21(3)5-2/h12-15,19-21,24H,4-11,16-18H2,1-3H3. The fourth-order valence-electron chi connectivity index (χ4n) is 3.50. The van der Waals surface area contributed by atoms with E-state index in [1.165, 1.54) is 44.1 Å². The van der Waals surface area contributed by atoms with Gasteiger partial charge < -0.3 is 4.74 Å². The second kappa shape index (κ2) is 14.1. The fraction of sp³-hybridized carbons (Fsp3) is 0.615. The molecule has 2 rings (SSSR count). The molecule has 0 amide bonds. The first kappa shape index (κ1) is 24.3. The number of hydrogen-bond donors (Lipinski definition) is 0. The second-order valence-electron chi connectivity index (χ2n) is 8.44. The van der Waals surface area contributed by atoms with E-state index in [1.807, 2.05) is 0 Å². The molecule has 2 aromatic rings.